The molecular formula is C17H23N3O5S2. The second kappa shape index (κ2) is 7.97. The number of amides is 1. The molecule has 0 N–H and O–H groups in total. The van der Waals surface area contributed by atoms with Crippen molar-refractivity contribution in [3.63, 3.8) is 0 Å². The lowest BCUT2D eigenvalue weighted by atomic mass is 10.1. The number of aromatic nitrogens is 2. The fourth-order valence-corrected chi connectivity index (χ4v) is 5.71. The maximum Gasteiger partial charge on any atom is 0.312 e. The molecule has 0 radical (unpaired) electrons. The molecule has 0 spiro atoms. The van der Waals surface area contributed by atoms with E-state index in [-0.39, 0.29) is 42.5 Å². The zero-order valence-corrected chi connectivity index (χ0v) is 17.0. The van der Waals surface area contributed by atoms with Crippen molar-refractivity contribution in [2.45, 2.75) is 45.2 Å². The summed E-state index contributed by atoms with van der Waals surface area (Å²) in [5.41, 5.74) is 0.583. The van der Waals surface area contributed by atoms with Gasteiger partial charge in [-0.05, 0) is 19.8 Å². The van der Waals surface area contributed by atoms with Gasteiger partial charge in [-0.15, -0.1) is 11.3 Å². The Morgan fingerprint density at radius 2 is 2.26 bits per heavy atom. The van der Waals surface area contributed by atoms with E-state index in [0.29, 0.717) is 18.5 Å². The van der Waals surface area contributed by atoms with Gasteiger partial charge in [0.1, 0.15) is 0 Å². The van der Waals surface area contributed by atoms with Gasteiger partial charge in [-0.1, -0.05) is 6.92 Å². The van der Waals surface area contributed by atoms with E-state index in [2.05, 4.69) is 4.98 Å². The molecule has 3 heterocycles. The normalized spacial score (nSPS) is 19.9. The zero-order chi connectivity index (χ0) is 19.6. The number of hydrogen-bond donors (Lipinski definition) is 0. The predicted molar refractivity (Wildman–Crippen MR) is 101 cm³/mol. The van der Waals surface area contributed by atoms with Gasteiger partial charge in [0.15, 0.2) is 21.4 Å². The Morgan fingerprint density at radius 3 is 2.89 bits per heavy atom. The minimum Gasteiger partial charge on any atom is -0.455 e. The average molecular weight is 414 g/mol. The standard InChI is InChI=1S/C17H23N3O5S2/c1-3-12(2)20(14-4-7-27(23,24)11-14)15(21)10-25-16(22)8-13-9-19-5-6-26-17(19)18-13/h5-6,9,12,14H,3-4,7-8,10-11H2,1-2H3/t12-,14+/m1/s1. The van der Waals surface area contributed by atoms with Crippen LogP contribution in [0.3, 0.4) is 0 Å². The Balaban J connectivity index is 1.58. The summed E-state index contributed by atoms with van der Waals surface area (Å²) >= 11 is 1.47. The average Bonchev–Trinajstić information content (AvgIpc) is 3.27. The van der Waals surface area contributed by atoms with Crippen LogP contribution in [0.25, 0.3) is 4.96 Å². The highest BCUT2D eigenvalue weighted by Gasteiger charge is 2.36. The molecule has 0 unspecified atom stereocenters. The van der Waals surface area contributed by atoms with Crippen LogP contribution < -0.4 is 0 Å². The third kappa shape index (κ3) is 4.67. The molecule has 0 aliphatic carbocycles. The second-order valence-corrected chi connectivity index (χ2v) is 9.88. The van der Waals surface area contributed by atoms with Gasteiger partial charge in [0.2, 0.25) is 0 Å². The minimum absolute atomic E-state index is 0.0111. The van der Waals surface area contributed by atoms with E-state index < -0.39 is 15.8 Å². The van der Waals surface area contributed by atoms with Crippen LogP contribution in [-0.4, -0.2) is 64.8 Å². The molecule has 2 aromatic rings. The number of nitrogens with zero attached hydrogens (tertiary/aromatic N) is 3. The molecule has 1 fully saturated rings. The largest absolute Gasteiger partial charge is 0.455 e. The number of hydrogen-bond acceptors (Lipinski definition) is 7. The summed E-state index contributed by atoms with van der Waals surface area (Å²) in [6.45, 7) is 3.43. The van der Waals surface area contributed by atoms with Gasteiger partial charge < -0.3 is 9.64 Å². The van der Waals surface area contributed by atoms with E-state index >= 15 is 0 Å². The van der Waals surface area contributed by atoms with E-state index in [1.807, 2.05) is 29.8 Å². The molecule has 27 heavy (non-hydrogen) atoms. The first-order valence-electron chi connectivity index (χ1n) is 8.87. The summed E-state index contributed by atoms with van der Waals surface area (Å²) in [5.74, 6) is -0.819. The molecule has 1 aliphatic heterocycles. The number of carbonyl (C=O) groups excluding carboxylic acids is 2. The van der Waals surface area contributed by atoms with Crippen LogP contribution in [0.5, 0.6) is 0 Å². The highest BCUT2D eigenvalue weighted by Crippen LogP contribution is 2.21. The lowest BCUT2D eigenvalue weighted by Gasteiger charge is -2.33. The van der Waals surface area contributed by atoms with Crippen molar-refractivity contribution >= 4 is 38.0 Å². The molecule has 0 bridgehead atoms. The summed E-state index contributed by atoms with van der Waals surface area (Å²) in [6, 6.07) is -0.467. The van der Waals surface area contributed by atoms with E-state index in [4.69, 9.17) is 4.74 Å². The van der Waals surface area contributed by atoms with Crippen molar-refractivity contribution in [2.24, 2.45) is 0 Å². The number of ether oxygens (including phenoxy) is 1. The van der Waals surface area contributed by atoms with Crippen molar-refractivity contribution in [2.75, 3.05) is 18.1 Å². The van der Waals surface area contributed by atoms with Crippen molar-refractivity contribution in [1.82, 2.24) is 14.3 Å². The van der Waals surface area contributed by atoms with Crippen LogP contribution in [-0.2, 0) is 30.6 Å². The topological polar surface area (TPSA) is 98.0 Å². The maximum absolute atomic E-state index is 12.6. The second-order valence-electron chi connectivity index (χ2n) is 6.78. The molecule has 2 aromatic heterocycles. The first-order valence-corrected chi connectivity index (χ1v) is 11.6. The van der Waals surface area contributed by atoms with E-state index in [0.717, 1.165) is 4.96 Å². The Hall–Kier alpha value is -1.94. The number of esters is 1. The van der Waals surface area contributed by atoms with Gasteiger partial charge >= 0.3 is 5.97 Å². The van der Waals surface area contributed by atoms with Gasteiger partial charge in [-0.2, -0.15) is 0 Å². The summed E-state index contributed by atoms with van der Waals surface area (Å²) < 4.78 is 30.5. The van der Waals surface area contributed by atoms with Crippen molar-refractivity contribution in [1.29, 1.82) is 0 Å². The Bertz CT molecular complexity index is 905. The number of fused-ring (bicyclic) bond motifs is 1. The molecule has 148 valence electrons. The fourth-order valence-electron chi connectivity index (χ4n) is 3.28. The van der Waals surface area contributed by atoms with Crippen molar-refractivity contribution in [3.05, 3.63) is 23.5 Å². The lowest BCUT2D eigenvalue weighted by molar-refractivity contribution is -0.153. The molecular weight excluding hydrogens is 390 g/mol. The highest BCUT2D eigenvalue weighted by molar-refractivity contribution is 7.91. The first-order chi connectivity index (χ1) is 12.8. The quantitative estimate of drug-likeness (QED) is 0.635. The summed E-state index contributed by atoms with van der Waals surface area (Å²) in [6.07, 6.45) is 4.72. The van der Waals surface area contributed by atoms with Crippen molar-refractivity contribution < 1.29 is 22.7 Å². The van der Waals surface area contributed by atoms with Gasteiger partial charge in [-0.3, -0.25) is 14.0 Å². The molecule has 0 saturated carbocycles. The van der Waals surface area contributed by atoms with E-state index in [1.165, 1.54) is 11.3 Å². The van der Waals surface area contributed by atoms with Crippen LogP contribution >= 0.6 is 11.3 Å². The Morgan fingerprint density at radius 1 is 1.48 bits per heavy atom. The summed E-state index contributed by atoms with van der Waals surface area (Å²) in [7, 11) is -3.11. The predicted octanol–water partition coefficient (Wildman–Crippen LogP) is 1.30. The summed E-state index contributed by atoms with van der Waals surface area (Å²) in [4.78, 5) is 31.4. The van der Waals surface area contributed by atoms with E-state index in [1.54, 1.807) is 11.1 Å². The van der Waals surface area contributed by atoms with Gasteiger partial charge in [0.25, 0.3) is 5.91 Å². The number of thiazole rings is 1. The Labute approximate surface area is 162 Å². The third-order valence-electron chi connectivity index (χ3n) is 4.78. The smallest absolute Gasteiger partial charge is 0.312 e. The Kier molecular flexibility index (Phi) is 5.85. The molecule has 1 saturated heterocycles. The van der Waals surface area contributed by atoms with Gasteiger partial charge in [0, 0.05) is 29.9 Å². The maximum atomic E-state index is 12.6. The molecule has 1 amide bonds. The lowest BCUT2D eigenvalue weighted by Crippen LogP contribution is -2.48. The highest BCUT2D eigenvalue weighted by atomic mass is 32.2. The fraction of sp³-hybridized carbons (Fsp3) is 0.588. The zero-order valence-electron chi connectivity index (χ0n) is 15.3. The van der Waals surface area contributed by atoms with Gasteiger partial charge in [-0.25, -0.2) is 13.4 Å². The molecule has 2 atom stereocenters. The van der Waals surface area contributed by atoms with Crippen molar-refractivity contribution in [3.8, 4) is 0 Å². The SMILES string of the molecule is CC[C@@H](C)N(C(=O)COC(=O)Cc1cn2ccsc2n1)[C@H]1CCS(=O)(=O)C1. The number of imidazole rings is 1. The monoisotopic (exact) mass is 413 g/mol. The summed E-state index contributed by atoms with van der Waals surface area (Å²) in [5, 5.41) is 1.90. The van der Waals surface area contributed by atoms with Crippen LogP contribution in [0.2, 0.25) is 0 Å². The third-order valence-corrected chi connectivity index (χ3v) is 7.30. The molecule has 1 aliphatic rings. The van der Waals surface area contributed by atoms with Crippen LogP contribution in [0.15, 0.2) is 17.8 Å². The molecule has 0 aromatic carbocycles. The van der Waals surface area contributed by atoms with Crippen LogP contribution in [0.4, 0.5) is 0 Å². The number of sulfone groups is 1. The molecule has 3 rings (SSSR count). The van der Waals surface area contributed by atoms with E-state index in [9.17, 15) is 18.0 Å². The minimum atomic E-state index is -3.11. The molecule has 10 heteroatoms. The van der Waals surface area contributed by atoms with Crippen LogP contribution in [0, 0.1) is 0 Å². The first kappa shape index (κ1) is 19.8. The molecule has 8 nitrogen and oxygen atoms in total. The van der Waals surface area contributed by atoms with Gasteiger partial charge in [0.05, 0.1) is 23.6 Å². The number of carbonyl (C=O) groups is 2. The number of rotatable bonds is 7. The van der Waals surface area contributed by atoms with Crippen LogP contribution in [0.1, 0.15) is 32.4 Å².